The van der Waals surface area contributed by atoms with Gasteiger partial charge in [0.1, 0.15) is 33.6 Å². The summed E-state index contributed by atoms with van der Waals surface area (Å²) < 4.78 is 34.3. The van der Waals surface area contributed by atoms with Crippen molar-refractivity contribution in [3.8, 4) is 0 Å². The molecule has 0 radical (unpaired) electrons. The predicted octanol–water partition coefficient (Wildman–Crippen LogP) is 19.3. The van der Waals surface area contributed by atoms with E-state index in [1.54, 1.807) is 41.5 Å². The van der Waals surface area contributed by atoms with Crippen molar-refractivity contribution in [1.82, 2.24) is 0 Å². The van der Waals surface area contributed by atoms with E-state index in [4.69, 9.17) is 28.4 Å². The van der Waals surface area contributed by atoms with E-state index >= 15 is 0 Å². The molecule has 0 heterocycles. The summed E-state index contributed by atoms with van der Waals surface area (Å²) >= 11 is 0. The average Bonchev–Trinajstić information content (AvgIpc) is 1.23. The summed E-state index contributed by atoms with van der Waals surface area (Å²) in [4.78, 5) is 69.9. The van der Waals surface area contributed by atoms with Crippen molar-refractivity contribution in [3.63, 3.8) is 0 Å². The predicted molar refractivity (Wildman–Crippen MR) is 370 cm³/mol. The van der Waals surface area contributed by atoms with Gasteiger partial charge in [-0.25, -0.2) is 28.8 Å². The van der Waals surface area contributed by atoms with Crippen LogP contribution in [0.25, 0.3) is 0 Å². The first-order valence-corrected chi connectivity index (χ1v) is 36.9. The minimum atomic E-state index is -0.251. The molecular formula is C81H126O12. The van der Waals surface area contributed by atoms with E-state index < -0.39 is 0 Å². The summed E-state index contributed by atoms with van der Waals surface area (Å²) in [5, 5.41) is 0. The highest BCUT2D eigenvalue weighted by Crippen LogP contribution is 2.64. The number of esters is 6. The van der Waals surface area contributed by atoms with Crippen molar-refractivity contribution < 1.29 is 57.2 Å². The summed E-state index contributed by atoms with van der Waals surface area (Å²) in [5.41, 5.74) is 1.92. The molecule has 15 rings (SSSR count). The van der Waals surface area contributed by atoms with Crippen LogP contribution in [0.15, 0.2) is 72.9 Å². The van der Waals surface area contributed by atoms with E-state index in [0.717, 1.165) is 86.9 Å². The van der Waals surface area contributed by atoms with E-state index in [-0.39, 0.29) is 69.4 Å². The highest BCUT2D eigenvalue weighted by molar-refractivity contribution is 5.89. The Kier molecular flexibility index (Phi) is 25.4. The van der Waals surface area contributed by atoms with Gasteiger partial charge in [0.15, 0.2) is 0 Å². The van der Waals surface area contributed by atoms with Gasteiger partial charge in [0.25, 0.3) is 0 Å². The van der Waals surface area contributed by atoms with Crippen molar-refractivity contribution >= 4 is 35.8 Å². The third-order valence-corrected chi connectivity index (χ3v) is 25.4. The van der Waals surface area contributed by atoms with Crippen LogP contribution in [0.5, 0.6) is 0 Å². The van der Waals surface area contributed by atoms with Gasteiger partial charge in [-0.1, -0.05) is 81.0 Å². The highest BCUT2D eigenvalue weighted by atomic mass is 16.6. The highest BCUT2D eigenvalue weighted by Gasteiger charge is 2.62. The number of rotatable bonds is 16. The van der Waals surface area contributed by atoms with E-state index in [1.165, 1.54) is 135 Å². The molecule has 0 amide bonds. The first-order valence-electron chi connectivity index (χ1n) is 36.9. The van der Waals surface area contributed by atoms with Gasteiger partial charge in [-0.3, -0.25) is 0 Å². The number of hydrogen-bond acceptors (Lipinski definition) is 12. The summed E-state index contributed by atoms with van der Waals surface area (Å²) in [5.74, 6) is 8.59. The second kappa shape index (κ2) is 31.2. The molecule has 15 saturated carbocycles. The van der Waals surface area contributed by atoms with E-state index in [2.05, 4.69) is 87.9 Å². The lowest BCUT2D eigenvalue weighted by atomic mass is 9.47. The number of carbonyl (C=O) groups is 6. The Morgan fingerprint density at radius 1 is 0.344 bits per heavy atom. The van der Waals surface area contributed by atoms with Crippen LogP contribution in [-0.2, 0) is 57.2 Å². The van der Waals surface area contributed by atoms with E-state index in [9.17, 15) is 28.8 Å². The van der Waals surface area contributed by atoms with Crippen LogP contribution in [0.1, 0.15) is 283 Å². The Labute approximate surface area is 562 Å². The van der Waals surface area contributed by atoms with Crippen LogP contribution in [0.4, 0.5) is 0 Å². The minimum Gasteiger partial charge on any atom is -0.456 e. The Hall–Kier alpha value is -4.74. The molecule has 15 aliphatic carbocycles. The van der Waals surface area contributed by atoms with Gasteiger partial charge in [0.2, 0.25) is 0 Å². The van der Waals surface area contributed by atoms with Gasteiger partial charge in [-0.15, -0.1) is 0 Å². The van der Waals surface area contributed by atoms with Crippen LogP contribution in [0, 0.1) is 82.9 Å². The maximum atomic E-state index is 12.1. The lowest BCUT2D eigenvalue weighted by Gasteiger charge is -2.61. The zero-order valence-electron chi connectivity index (χ0n) is 60.7. The molecule has 15 fully saturated rings. The molecule has 0 aromatic heterocycles. The maximum Gasteiger partial charge on any atom is 0.333 e. The second-order valence-electron chi connectivity index (χ2n) is 33.3. The molecule has 0 aromatic rings. The molecule has 0 saturated heterocycles. The van der Waals surface area contributed by atoms with Crippen molar-refractivity contribution in [2.75, 3.05) is 0 Å². The molecule has 93 heavy (non-hydrogen) atoms. The van der Waals surface area contributed by atoms with Gasteiger partial charge in [0.05, 0.1) is 0 Å². The average molecular weight is 1290 g/mol. The number of carbonyl (C=O) groups excluding carboxylic acids is 6. The number of hydrogen-bond donors (Lipinski definition) is 0. The summed E-state index contributed by atoms with van der Waals surface area (Å²) in [6.45, 7) is 49.4. The minimum absolute atomic E-state index is 0.163. The Balaban J connectivity index is 0.000000159. The number of ether oxygens (including phenoxy) is 6. The molecule has 0 aromatic carbocycles. The normalized spacial score (nSPS) is 34.6. The largest absolute Gasteiger partial charge is 0.456 e. The standard InChI is InChI=1S/C17H26O2.C16H24O2.C15H22O2.C12H20O2.C11H18O2.C10H16O2/c1-10(2)16(18)19-17(11(3)4)14-6-12-5-13(8-14)9-15(17)7-12;1-4-16(18-15(17)10(2)3)13-6-11-5-12(8-13)9-14(16)7-11;1-9(2)14(16)17-15(3)12-5-10-4-11(7-12)8-13(15)6-10;1-9(2)11(13)14-12(10(3)4)7-5-6-8-12;1-4-11(7-5-6-8-11)13-10(12)9(2)3;1-8(2)9(11)12-10(3)6-4-5-7-10/h11-15H,1,5-9H2,2-4H3;11-14H,2,4-9H2,1,3H3;10-13H,1,4-8H2,2-3H3;10H,1,5-8H2,2-4H3;2,4-8H2,1,3H3;1,4-7H2,2-3H3. The molecule has 12 nitrogen and oxygen atoms in total. The third-order valence-electron chi connectivity index (χ3n) is 25.4. The van der Waals surface area contributed by atoms with Crippen LogP contribution in [0.3, 0.4) is 0 Å². The van der Waals surface area contributed by atoms with E-state index in [0.29, 0.717) is 80.8 Å². The van der Waals surface area contributed by atoms with Crippen LogP contribution >= 0.6 is 0 Å². The molecule has 0 unspecified atom stereocenters. The molecule has 12 heteroatoms. The summed E-state index contributed by atoms with van der Waals surface area (Å²) in [7, 11) is 0. The second-order valence-corrected chi connectivity index (χ2v) is 33.3. The fraction of sp³-hybridized carbons (Fsp3) is 0.778. The Morgan fingerprint density at radius 3 is 0.989 bits per heavy atom. The molecule has 0 atom stereocenters. The summed E-state index contributed by atoms with van der Waals surface area (Å²) in [6.07, 6.45) is 34.5. The van der Waals surface area contributed by atoms with Crippen molar-refractivity contribution in [2.24, 2.45) is 82.9 Å². The third kappa shape index (κ3) is 17.5. The first kappa shape index (κ1) is 75.6. The zero-order chi connectivity index (χ0) is 68.8. The van der Waals surface area contributed by atoms with Crippen molar-refractivity contribution in [2.45, 2.75) is 317 Å². The van der Waals surface area contributed by atoms with Crippen LogP contribution in [0.2, 0.25) is 0 Å². The monoisotopic (exact) mass is 1290 g/mol. The van der Waals surface area contributed by atoms with Gasteiger partial charge < -0.3 is 28.4 Å². The molecule has 0 aliphatic heterocycles. The molecule has 522 valence electrons. The smallest absolute Gasteiger partial charge is 0.333 e. The first-order chi connectivity index (χ1) is 43.6. The Morgan fingerprint density at radius 2 is 0.645 bits per heavy atom. The fourth-order valence-corrected chi connectivity index (χ4v) is 20.4. The SMILES string of the molecule is C=C(C)C(=O)OC1(C(C)C)C2CC3CC(C2)CC1C3.C=C(C)C(=O)OC1(C(C)C)CCCC1.C=C(C)C(=O)OC1(C)C2CC3CC(C2)CC1C3.C=C(C)C(=O)OC1(C)CCCC1.C=C(C)C(=O)OC1(CC)C2CC3CC(C2)CC1C3.C=C(C)C(=O)OC1(CC)CCCC1. The lowest BCUT2D eigenvalue weighted by Crippen LogP contribution is -2.62. The molecular weight excluding hydrogens is 1160 g/mol. The van der Waals surface area contributed by atoms with E-state index in [1.807, 2.05) is 6.92 Å². The van der Waals surface area contributed by atoms with Gasteiger partial charge >= 0.3 is 35.8 Å². The summed E-state index contributed by atoms with van der Waals surface area (Å²) in [6, 6.07) is 0. The molecule has 0 spiro atoms. The molecule has 15 aliphatic rings. The zero-order valence-corrected chi connectivity index (χ0v) is 60.7. The fourth-order valence-electron chi connectivity index (χ4n) is 20.4. The topological polar surface area (TPSA) is 158 Å². The van der Waals surface area contributed by atoms with Gasteiger partial charge in [-0.05, 0) is 324 Å². The van der Waals surface area contributed by atoms with Crippen LogP contribution < -0.4 is 0 Å². The quantitative estimate of drug-likeness (QED) is 0.0819. The van der Waals surface area contributed by atoms with Crippen molar-refractivity contribution in [3.05, 3.63) is 72.9 Å². The van der Waals surface area contributed by atoms with Gasteiger partial charge in [-0.2, -0.15) is 0 Å². The Bertz CT molecular complexity index is 2670. The molecule has 12 bridgehead atoms. The van der Waals surface area contributed by atoms with Crippen molar-refractivity contribution in [1.29, 1.82) is 0 Å². The lowest BCUT2D eigenvalue weighted by molar-refractivity contribution is -0.221. The molecule has 0 N–H and O–H groups in total. The maximum absolute atomic E-state index is 12.1. The van der Waals surface area contributed by atoms with Gasteiger partial charge in [0, 0.05) is 33.4 Å². The van der Waals surface area contributed by atoms with Crippen LogP contribution in [-0.4, -0.2) is 69.4 Å².